The highest BCUT2D eigenvalue weighted by molar-refractivity contribution is 4.94. The molecule has 0 aliphatic carbocycles. The van der Waals surface area contributed by atoms with Gasteiger partial charge in [0.1, 0.15) is 5.76 Å². The number of hydrogen-bond acceptors (Lipinski definition) is 4. The topological polar surface area (TPSA) is 47.3 Å². The van der Waals surface area contributed by atoms with Crippen LogP contribution in [0, 0.1) is 0 Å². The number of ether oxygens (including phenoxy) is 1. The Bertz CT molecular complexity index is 248. The van der Waals surface area contributed by atoms with E-state index < -0.39 is 0 Å². The van der Waals surface area contributed by atoms with Crippen LogP contribution in [0.2, 0.25) is 0 Å². The fraction of sp³-hybridized carbons (Fsp3) is 0.700. The highest BCUT2D eigenvalue weighted by Crippen LogP contribution is 2.04. The van der Waals surface area contributed by atoms with Gasteiger partial charge in [-0.2, -0.15) is 0 Å². The molecule has 1 aromatic rings. The molecule has 0 radical (unpaired) electrons. The number of nitrogens with one attached hydrogen (secondary N) is 1. The zero-order chi connectivity index (χ0) is 10.2. The summed E-state index contributed by atoms with van der Waals surface area (Å²) in [5.41, 5.74) is 0. The molecule has 0 saturated carbocycles. The standard InChI is InChI=1S/C10H18N2O2/c1-3-5-11-8-10-12-7-9(14-10)4-6-13-2/h7,11H,3-6,8H2,1-2H3. The zero-order valence-corrected chi connectivity index (χ0v) is 8.88. The molecule has 0 unspecified atom stereocenters. The summed E-state index contributed by atoms with van der Waals surface area (Å²) in [6, 6.07) is 0. The zero-order valence-electron chi connectivity index (χ0n) is 8.88. The summed E-state index contributed by atoms with van der Waals surface area (Å²) in [7, 11) is 1.68. The van der Waals surface area contributed by atoms with Gasteiger partial charge < -0.3 is 14.5 Å². The first-order chi connectivity index (χ1) is 6.86. The smallest absolute Gasteiger partial charge is 0.208 e. The lowest BCUT2D eigenvalue weighted by Crippen LogP contribution is -2.13. The second-order valence-corrected chi connectivity index (χ2v) is 3.14. The van der Waals surface area contributed by atoms with Crippen molar-refractivity contribution in [3.63, 3.8) is 0 Å². The highest BCUT2D eigenvalue weighted by Gasteiger charge is 2.02. The Morgan fingerprint density at radius 1 is 1.57 bits per heavy atom. The van der Waals surface area contributed by atoms with Crippen molar-refractivity contribution in [2.24, 2.45) is 0 Å². The molecule has 0 amide bonds. The second-order valence-electron chi connectivity index (χ2n) is 3.14. The van der Waals surface area contributed by atoms with Crippen LogP contribution in [0.5, 0.6) is 0 Å². The molecule has 0 saturated heterocycles. The van der Waals surface area contributed by atoms with E-state index in [0.717, 1.165) is 31.0 Å². The van der Waals surface area contributed by atoms with Crippen molar-refractivity contribution in [3.8, 4) is 0 Å². The Morgan fingerprint density at radius 2 is 2.43 bits per heavy atom. The van der Waals surface area contributed by atoms with Crippen LogP contribution in [0.25, 0.3) is 0 Å². The van der Waals surface area contributed by atoms with Crippen molar-refractivity contribution in [1.82, 2.24) is 10.3 Å². The Hall–Kier alpha value is -0.870. The fourth-order valence-electron chi connectivity index (χ4n) is 1.12. The third-order valence-corrected chi connectivity index (χ3v) is 1.86. The van der Waals surface area contributed by atoms with E-state index >= 15 is 0 Å². The first-order valence-corrected chi connectivity index (χ1v) is 5.00. The molecule has 0 aromatic carbocycles. The van der Waals surface area contributed by atoms with Crippen LogP contribution in [0.4, 0.5) is 0 Å². The van der Waals surface area contributed by atoms with Crippen LogP contribution < -0.4 is 5.32 Å². The number of hydrogen-bond donors (Lipinski definition) is 1. The Labute approximate surface area is 84.7 Å². The predicted molar refractivity (Wildman–Crippen MR) is 54.1 cm³/mol. The van der Waals surface area contributed by atoms with Crippen LogP contribution in [-0.4, -0.2) is 25.2 Å². The van der Waals surface area contributed by atoms with E-state index in [1.165, 1.54) is 0 Å². The number of nitrogens with zero attached hydrogens (tertiary/aromatic N) is 1. The SMILES string of the molecule is CCCNCc1ncc(CCOC)o1. The van der Waals surface area contributed by atoms with Crippen molar-refractivity contribution < 1.29 is 9.15 Å². The molecule has 1 aromatic heterocycles. The van der Waals surface area contributed by atoms with E-state index in [4.69, 9.17) is 9.15 Å². The van der Waals surface area contributed by atoms with E-state index in [0.29, 0.717) is 13.2 Å². The third-order valence-electron chi connectivity index (χ3n) is 1.86. The summed E-state index contributed by atoms with van der Waals surface area (Å²) in [5.74, 6) is 1.64. The molecule has 4 heteroatoms. The minimum Gasteiger partial charge on any atom is -0.444 e. The van der Waals surface area contributed by atoms with Gasteiger partial charge in [-0.25, -0.2) is 4.98 Å². The Balaban J connectivity index is 2.27. The molecule has 1 N–H and O–H groups in total. The van der Waals surface area contributed by atoms with Gasteiger partial charge in [-0.1, -0.05) is 6.92 Å². The molecule has 0 aliphatic heterocycles. The number of aromatic nitrogens is 1. The van der Waals surface area contributed by atoms with Crippen molar-refractivity contribution in [2.75, 3.05) is 20.3 Å². The highest BCUT2D eigenvalue weighted by atomic mass is 16.5. The van der Waals surface area contributed by atoms with Gasteiger partial charge in [-0.05, 0) is 13.0 Å². The number of rotatable bonds is 7. The van der Waals surface area contributed by atoms with Crippen molar-refractivity contribution in [1.29, 1.82) is 0 Å². The van der Waals surface area contributed by atoms with Crippen LogP contribution in [-0.2, 0) is 17.7 Å². The molecule has 1 rings (SSSR count). The normalized spacial score (nSPS) is 10.7. The van der Waals surface area contributed by atoms with Gasteiger partial charge in [0.25, 0.3) is 0 Å². The van der Waals surface area contributed by atoms with Gasteiger partial charge in [-0.15, -0.1) is 0 Å². The number of methoxy groups -OCH3 is 1. The van der Waals surface area contributed by atoms with E-state index in [-0.39, 0.29) is 0 Å². The number of oxazole rings is 1. The molecule has 80 valence electrons. The monoisotopic (exact) mass is 198 g/mol. The van der Waals surface area contributed by atoms with Gasteiger partial charge in [0.15, 0.2) is 0 Å². The van der Waals surface area contributed by atoms with Gasteiger partial charge >= 0.3 is 0 Å². The maximum Gasteiger partial charge on any atom is 0.208 e. The molecule has 0 bridgehead atoms. The molecule has 0 spiro atoms. The lowest BCUT2D eigenvalue weighted by molar-refractivity contribution is 0.196. The molecule has 4 nitrogen and oxygen atoms in total. The van der Waals surface area contributed by atoms with Crippen molar-refractivity contribution in [3.05, 3.63) is 17.8 Å². The summed E-state index contributed by atoms with van der Waals surface area (Å²) in [4.78, 5) is 4.16. The third kappa shape index (κ3) is 3.89. The van der Waals surface area contributed by atoms with E-state index in [9.17, 15) is 0 Å². The first-order valence-electron chi connectivity index (χ1n) is 5.00. The van der Waals surface area contributed by atoms with Crippen LogP contribution >= 0.6 is 0 Å². The quantitative estimate of drug-likeness (QED) is 0.672. The largest absolute Gasteiger partial charge is 0.444 e. The van der Waals surface area contributed by atoms with Crippen molar-refractivity contribution in [2.45, 2.75) is 26.3 Å². The van der Waals surface area contributed by atoms with Gasteiger partial charge in [0.05, 0.1) is 19.3 Å². The Morgan fingerprint density at radius 3 is 3.14 bits per heavy atom. The maximum atomic E-state index is 5.48. The summed E-state index contributed by atoms with van der Waals surface area (Å²) in [5, 5.41) is 3.23. The van der Waals surface area contributed by atoms with E-state index in [2.05, 4.69) is 17.2 Å². The average Bonchev–Trinajstić information content (AvgIpc) is 2.63. The lowest BCUT2D eigenvalue weighted by Gasteiger charge is -1.97. The summed E-state index contributed by atoms with van der Waals surface area (Å²) in [6.07, 6.45) is 3.68. The summed E-state index contributed by atoms with van der Waals surface area (Å²) >= 11 is 0. The summed E-state index contributed by atoms with van der Waals surface area (Å²) < 4.78 is 10.4. The lowest BCUT2D eigenvalue weighted by atomic mass is 10.4. The molecular formula is C10H18N2O2. The van der Waals surface area contributed by atoms with Gasteiger partial charge in [0.2, 0.25) is 5.89 Å². The fourth-order valence-corrected chi connectivity index (χ4v) is 1.12. The molecule has 0 fully saturated rings. The minimum absolute atomic E-state index is 0.678. The van der Waals surface area contributed by atoms with Gasteiger partial charge in [0, 0.05) is 13.5 Å². The van der Waals surface area contributed by atoms with Crippen molar-refractivity contribution >= 4 is 0 Å². The minimum atomic E-state index is 0.678. The maximum absolute atomic E-state index is 5.48. The average molecular weight is 198 g/mol. The molecule has 1 heterocycles. The Kier molecular flexibility index (Phi) is 5.25. The second kappa shape index (κ2) is 6.56. The molecular weight excluding hydrogens is 180 g/mol. The van der Waals surface area contributed by atoms with Crippen LogP contribution in [0.3, 0.4) is 0 Å². The van der Waals surface area contributed by atoms with Crippen LogP contribution in [0.1, 0.15) is 25.0 Å². The first kappa shape index (κ1) is 11.2. The van der Waals surface area contributed by atoms with Crippen LogP contribution in [0.15, 0.2) is 10.6 Å². The molecule has 0 aliphatic rings. The molecule has 0 atom stereocenters. The molecule has 14 heavy (non-hydrogen) atoms. The van der Waals surface area contributed by atoms with Gasteiger partial charge in [-0.3, -0.25) is 0 Å². The van der Waals surface area contributed by atoms with E-state index in [1.807, 2.05) is 0 Å². The van der Waals surface area contributed by atoms with E-state index in [1.54, 1.807) is 13.3 Å². The predicted octanol–water partition coefficient (Wildman–Crippen LogP) is 1.36. The summed E-state index contributed by atoms with van der Waals surface area (Å²) in [6.45, 7) is 4.51.